The van der Waals surface area contributed by atoms with E-state index in [-0.39, 0.29) is 5.91 Å². The van der Waals surface area contributed by atoms with Crippen molar-refractivity contribution in [2.45, 2.75) is 38.1 Å². The number of hydrogen-bond acceptors (Lipinski definition) is 3. The number of amides is 1. The molecule has 0 bridgehead atoms. The molecule has 118 valence electrons. The summed E-state index contributed by atoms with van der Waals surface area (Å²) in [6.07, 6.45) is 8.43. The largest absolute Gasteiger partial charge is 0.463 e. The van der Waals surface area contributed by atoms with Crippen LogP contribution in [-0.2, 0) is 0 Å². The number of hydrogen-bond donors (Lipinski definition) is 1. The number of rotatable bonds is 2. The lowest BCUT2D eigenvalue weighted by molar-refractivity contribution is 0.0519. The van der Waals surface area contributed by atoms with Crippen molar-refractivity contribution in [1.82, 2.24) is 14.8 Å². The summed E-state index contributed by atoms with van der Waals surface area (Å²) in [5, 5.41) is 0. The number of furan rings is 1. The fourth-order valence-corrected chi connectivity index (χ4v) is 3.87. The topological polar surface area (TPSA) is 52.5 Å². The predicted molar refractivity (Wildman–Crippen MR) is 84.9 cm³/mol. The van der Waals surface area contributed by atoms with Gasteiger partial charge in [-0.1, -0.05) is 19.3 Å². The first-order valence-electron chi connectivity index (χ1n) is 8.41. The molecule has 0 atom stereocenters. The molecule has 2 aliphatic rings. The van der Waals surface area contributed by atoms with E-state index < -0.39 is 0 Å². The van der Waals surface area contributed by atoms with Crippen molar-refractivity contribution in [3.63, 3.8) is 0 Å². The number of carbonyl (C=O) groups excluding carboxylic acids is 1. The van der Waals surface area contributed by atoms with E-state index in [1.807, 2.05) is 17.0 Å². The van der Waals surface area contributed by atoms with E-state index in [9.17, 15) is 4.79 Å². The van der Waals surface area contributed by atoms with Gasteiger partial charge in [0.15, 0.2) is 5.58 Å². The van der Waals surface area contributed by atoms with E-state index in [1.165, 1.54) is 32.1 Å². The molecule has 3 heterocycles. The molecule has 4 rings (SSSR count). The monoisotopic (exact) mass is 301 g/mol. The third-order valence-electron chi connectivity index (χ3n) is 5.16. The second-order valence-corrected chi connectivity index (χ2v) is 6.50. The van der Waals surface area contributed by atoms with Gasteiger partial charge in [-0.3, -0.25) is 9.69 Å². The van der Waals surface area contributed by atoms with Crippen molar-refractivity contribution >= 4 is 17.0 Å². The Hall–Kier alpha value is -1.75. The highest BCUT2D eigenvalue weighted by molar-refractivity contribution is 5.96. The standard InChI is InChI=1S/C17H23N3O2/c21-17(15-12-16-14(18-15)6-11-22-16)20-9-7-19(8-10-20)13-4-2-1-3-5-13/h6,11-13,18H,1-5,7-10H2. The van der Waals surface area contributed by atoms with E-state index in [0.717, 1.165) is 43.3 Å². The lowest BCUT2D eigenvalue weighted by Gasteiger charge is -2.40. The van der Waals surface area contributed by atoms with Crippen LogP contribution in [0.3, 0.4) is 0 Å². The number of nitrogens with one attached hydrogen (secondary N) is 1. The Bertz CT molecular complexity index is 617. The molecular formula is C17H23N3O2. The Morgan fingerprint density at radius 1 is 1.14 bits per heavy atom. The van der Waals surface area contributed by atoms with E-state index in [2.05, 4.69) is 9.88 Å². The van der Waals surface area contributed by atoms with Gasteiger partial charge in [0.1, 0.15) is 5.69 Å². The highest BCUT2D eigenvalue weighted by atomic mass is 16.3. The maximum absolute atomic E-state index is 12.6. The van der Waals surface area contributed by atoms with E-state index in [1.54, 1.807) is 6.26 Å². The van der Waals surface area contributed by atoms with Crippen molar-refractivity contribution in [1.29, 1.82) is 0 Å². The molecule has 0 radical (unpaired) electrons. The van der Waals surface area contributed by atoms with Gasteiger partial charge >= 0.3 is 0 Å². The Balaban J connectivity index is 1.38. The van der Waals surface area contributed by atoms with Crippen LogP contribution in [0, 0.1) is 0 Å². The van der Waals surface area contributed by atoms with Crippen LogP contribution in [0.5, 0.6) is 0 Å². The number of H-pyrrole nitrogens is 1. The third kappa shape index (κ3) is 2.54. The molecule has 1 aliphatic carbocycles. The van der Waals surface area contributed by atoms with Crippen LogP contribution in [0.15, 0.2) is 22.8 Å². The van der Waals surface area contributed by atoms with Gasteiger partial charge in [0.05, 0.1) is 11.8 Å². The molecule has 2 aromatic rings. The summed E-state index contributed by atoms with van der Waals surface area (Å²) in [6.45, 7) is 3.67. The molecule has 2 aromatic heterocycles. The minimum atomic E-state index is 0.0923. The Morgan fingerprint density at radius 3 is 2.64 bits per heavy atom. The van der Waals surface area contributed by atoms with Gasteiger partial charge in [0, 0.05) is 44.4 Å². The molecule has 0 aromatic carbocycles. The highest BCUT2D eigenvalue weighted by Crippen LogP contribution is 2.24. The van der Waals surface area contributed by atoms with Crippen LogP contribution in [0.4, 0.5) is 0 Å². The van der Waals surface area contributed by atoms with Gasteiger partial charge in [-0.05, 0) is 12.8 Å². The van der Waals surface area contributed by atoms with E-state index >= 15 is 0 Å². The molecule has 1 aliphatic heterocycles. The molecule has 2 fully saturated rings. The van der Waals surface area contributed by atoms with Gasteiger partial charge in [0.25, 0.3) is 5.91 Å². The maximum atomic E-state index is 12.6. The van der Waals surface area contributed by atoms with Crippen LogP contribution in [0.2, 0.25) is 0 Å². The minimum absolute atomic E-state index is 0.0923. The first-order chi connectivity index (χ1) is 10.8. The molecule has 22 heavy (non-hydrogen) atoms. The highest BCUT2D eigenvalue weighted by Gasteiger charge is 2.28. The van der Waals surface area contributed by atoms with Gasteiger partial charge in [-0.2, -0.15) is 0 Å². The molecule has 5 heteroatoms. The zero-order valence-electron chi connectivity index (χ0n) is 12.9. The average Bonchev–Trinajstić information content (AvgIpc) is 3.17. The first kappa shape index (κ1) is 13.9. The molecule has 1 saturated carbocycles. The predicted octanol–water partition coefficient (Wildman–Crippen LogP) is 2.85. The normalized spacial score (nSPS) is 21.5. The van der Waals surface area contributed by atoms with E-state index in [4.69, 9.17) is 4.42 Å². The molecule has 0 spiro atoms. The van der Waals surface area contributed by atoms with Crippen LogP contribution >= 0.6 is 0 Å². The van der Waals surface area contributed by atoms with E-state index in [0.29, 0.717) is 5.69 Å². The number of carbonyl (C=O) groups is 1. The fraction of sp³-hybridized carbons (Fsp3) is 0.588. The molecular weight excluding hydrogens is 278 g/mol. The zero-order valence-corrected chi connectivity index (χ0v) is 12.9. The van der Waals surface area contributed by atoms with Gasteiger partial charge in [0.2, 0.25) is 0 Å². The summed E-state index contributed by atoms with van der Waals surface area (Å²) < 4.78 is 5.32. The van der Waals surface area contributed by atoms with Crippen LogP contribution in [0.1, 0.15) is 42.6 Å². The Morgan fingerprint density at radius 2 is 1.91 bits per heavy atom. The smallest absolute Gasteiger partial charge is 0.270 e. The summed E-state index contributed by atoms with van der Waals surface area (Å²) in [5.41, 5.74) is 2.29. The summed E-state index contributed by atoms with van der Waals surface area (Å²) in [5.74, 6) is 0.0923. The quantitative estimate of drug-likeness (QED) is 0.928. The lowest BCUT2D eigenvalue weighted by Crippen LogP contribution is -2.52. The molecule has 1 N–H and O–H groups in total. The minimum Gasteiger partial charge on any atom is -0.463 e. The van der Waals surface area contributed by atoms with Crippen LogP contribution in [0.25, 0.3) is 11.1 Å². The molecule has 5 nitrogen and oxygen atoms in total. The van der Waals surface area contributed by atoms with Gasteiger partial charge in [-0.25, -0.2) is 0 Å². The maximum Gasteiger partial charge on any atom is 0.270 e. The second kappa shape index (κ2) is 5.80. The number of piperazine rings is 1. The van der Waals surface area contributed by atoms with Gasteiger partial charge in [-0.15, -0.1) is 0 Å². The van der Waals surface area contributed by atoms with Crippen molar-refractivity contribution in [3.05, 3.63) is 24.1 Å². The summed E-state index contributed by atoms with van der Waals surface area (Å²) in [4.78, 5) is 20.3. The number of nitrogens with zero attached hydrogens (tertiary/aromatic N) is 2. The lowest BCUT2D eigenvalue weighted by atomic mass is 9.94. The average molecular weight is 301 g/mol. The second-order valence-electron chi connectivity index (χ2n) is 6.50. The van der Waals surface area contributed by atoms with Crippen molar-refractivity contribution in [3.8, 4) is 0 Å². The summed E-state index contributed by atoms with van der Waals surface area (Å²) >= 11 is 0. The van der Waals surface area contributed by atoms with Crippen molar-refractivity contribution in [2.75, 3.05) is 26.2 Å². The fourth-order valence-electron chi connectivity index (χ4n) is 3.87. The molecule has 1 amide bonds. The van der Waals surface area contributed by atoms with Crippen molar-refractivity contribution in [2.24, 2.45) is 0 Å². The number of aromatic amines is 1. The van der Waals surface area contributed by atoms with Crippen LogP contribution in [-0.4, -0.2) is 52.9 Å². The third-order valence-corrected chi connectivity index (χ3v) is 5.16. The first-order valence-corrected chi connectivity index (χ1v) is 8.41. The number of fused-ring (bicyclic) bond motifs is 1. The Labute approximate surface area is 130 Å². The SMILES string of the molecule is O=C(c1cc2occc2[nH]1)N1CCN(C2CCCCC2)CC1. The number of aromatic nitrogens is 1. The van der Waals surface area contributed by atoms with Crippen molar-refractivity contribution < 1.29 is 9.21 Å². The summed E-state index contributed by atoms with van der Waals surface area (Å²) in [7, 11) is 0. The van der Waals surface area contributed by atoms with Crippen LogP contribution < -0.4 is 0 Å². The molecule has 1 saturated heterocycles. The van der Waals surface area contributed by atoms with Gasteiger partial charge < -0.3 is 14.3 Å². The Kier molecular flexibility index (Phi) is 3.66. The zero-order chi connectivity index (χ0) is 14.9. The molecule has 0 unspecified atom stereocenters. The summed E-state index contributed by atoms with van der Waals surface area (Å²) in [6, 6.07) is 4.41.